The Morgan fingerprint density at radius 1 is 1.13 bits per heavy atom. The van der Waals surface area contributed by atoms with Crippen LogP contribution in [0.1, 0.15) is 55.5 Å². The van der Waals surface area contributed by atoms with Crippen LogP contribution in [-0.2, 0) is 17.5 Å². The first-order valence-electron chi connectivity index (χ1n) is 11.0. The molecule has 2 aromatic rings. The van der Waals surface area contributed by atoms with Crippen molar-refractivity contribution < 1.29 is 22.4 Å². The molecule has 5 nitrogen and oxygen atoms in total. The van der Waals surface area contributed by atoms with Crippen LogP contribution in [0, 0.1) is 6.92 Å². The van der Waals surface area contributed by atoms with Crippen molar-refractivity contribution in [2.75, 3.05) is 19.6 Å². The van der Waals surface area contributed by atoms with E-state index >= 15 is 0 Å². The summed E-state index contributed by atoms with van der Waals surface area (Å²) in [6.45, 7) is 5.13. The molecule has 1 atom stereocenters. The van der Waals surface area contributed by atoms with Gasteiger partial charge in [-0.1, -0.05) is 6.42 Å². The lowest BCUT2D eigenvalue weighted by molar-refractivity contribution is -0.137. The second kappa shape index (κ2) is 9.02. The van der Waals surface area contributed by atoms with E-state index in [1.165, 1.54) is 18.6 Å². The minimum absolute atomic E-state index is 0.260. The van der Waals surface area contributed by atoms with Crippen LogP contribution in [0.25, 0.3) is 11.5 Å². The van der Waals surface area contributed by atoms with Gasteiger partial charge in [-0.3, -0.25) is 9.69 Å². The molecule has 1 aromatic carbocycles. The van der Waals surface area contributed by atoms with Gasteiger partial charge in [-0.2, -0.15) is 13.2 Å². The van der Waals surface area contributed by atoms with Crippen molar-refractivity contribution in [2.24, 2.45) is 0 Å². The van der Waals surface area contributed by atoms with Crippen molar-refractivity contribution in [1.29, 1.82) is 0 Å². The summed E-state index contributed by atoms with van der Waals surface area (Å²) in [6.07, 6.45) is 1.63. The molecule has 4 rings (SSSR count). The van der Waals surface area contributed by atoms with Gasteiger partial charge in [-0.05, 0) is 63.4 Å². The quantitative estimate of drug-likeness (QED) is 0.638. The highest BCUT2D eigenvalue weighted by Crippen LogP contribution is 2.32. The first-order valence-corrected chi connectivity index (χ1v) is 11.0. The van der Waals surface area contributed by atoms with Gasteiger partial charge >= 0.3 is 6.18 Å². The number of amides is 1. The molecule has 8 heteroatoms. The highest BCUT2D eigenvalue weighted by Gasteiger charge is 2.30. The largest absolute Gasteiger partial charge is 0.441 e. The second-order valence-corrected chi connectivity index (χ2v) is 8.49. The number of rotatable bonds is 6. The van der Waals surface area contributed by atoms with Gasteiger partial charge in [0.15, 0.2) is 0 Å². The Labute approximate surface area is 180 Å². The van der Waals surface area contributed by atoms with E-state index in [1.807, 2.05) is 11.8 Å². The number of oxazole rings is 1. The number of nitrogens with zero attached hydrogens (tertiary/aromatic N) is 3. The first kappa shape index (κ1) is 21.9. The summed E-state index contributed by atoms with van der Waals surface area (Å²) in [5.41, 5.74) is 0.663. The molecule has 3 heterocycles. The Bertz CT molecular complexity index is 908. The van der Waals surface area contributed by atoms with Crippen molar-refractivity contribution in [3.63, 3.8) is 0 Å². The van der Waals surface area contributed by atoms with Crippen molar-refractivity contribution in [3.8, 4) is 11.5 Å². The molecule has 2 saturated heterocycles. The lowest BCUT2D eigenvalue weighted by Crippen LogP contribution is -2.41. The summed E-state index contributed by atoms with van der Waals surface area (Å²) in [7, 11) is 0. The zero-order valence-electron chi connectivity index (χ0n) is 17.7. The highest BCUT2D eigenvalue weighted by atomic mass is 19.4. The third-order valence-electron chi connectivity index (χ3n) is 6.36. The third-order valence-corrected chi connectivity index (χ3v) is 6.36. The number of halogens is 3. The van der Waals surface area contributed by atoms with Crippen molar-refractivity contribution in [3.05, 3.63) is 41.3 Å². The van der Waals surface area contributed by atoms with E-state index < -0.39 is 11.7 Å². The van der Waals surface area contributed by atoms with Gasteiger partial charge < -0.3 is 9.32 Å². The predicted octanol–water partition coefficient (Wildman–Crippen LogP) is 5.04. The summed E-state index contributed by atoms with van der Waals surface area (Å²) in [4.78, 5) is 20.9. The van der Waals surface area contributed by atoms with Gasteiger partial charge in [0.25, 0.3) is 0 Å². The van der Waals surface area contributed by atoms with Crippen molar-refractivity contribution in [2.45, 2.75) is 64.2 Å². The Morgan fingerprint density at radius 2 is 1.90 bits per heavy atom. The number of benzene rings is 1. The first-order chi connectivity index (χ1) is 14.8. The number of hydrogen-bond donors (Lipinski definition) is 0. The molecular weight excluding hydrogens is 407 g/mol. The molecule has 1 amide bonds. The molecule has 2 aliphatic heterocycles. The summed E-state index contributed by atoms with van der Waals surface area (Å²) in [5.74, 6) is 1.29. The number of piperidine rings is 1. The van der Waals surface area contributed by atoms with Crippen LogP contribution in [0.2, 0.25) is 0 Å². The minimum Gasteiger partial charge on any atom is -0.441 e. The molecule has 1 aromatic heterocycles. The molecule has 0 saturated carbocycles. The van der Waals surface area contributed by atoms with E-state index in [9.17, 15) is 18.0 Å². The number of aryl methyl sites for hydroxylation is 1. The van der Waals surface area contributed by atoms with Gasteiger partial charge in [0.1, 0.15) is 5.76 Å². The average Bonchev–Trinajstić information content (AvgIpc) is 3.32. The summed E-state index contributed by atoms with van der Waals surface area (Å²) in [5, 5.41) is 0. The van der Waals surface area contributed by atoms with Crippen LogP contribution in [0.5, 0.6) is 0 Å². The van der Waals surface area contributed by atoms with Crippen LogP contribution in [-0.4, -0.2) is 46.4 Å². The van der Waals surface area contributed by atoms with Crippen LogP contribution in [0.3, 0.4) is 0 Å². The fourth-order valence-corrected chi connectivity index (χ4v) is 4.53. The van der Waals surface area contributed by atoms with Crippen molar-refractivity contribution in [1.82, 2.24) is 14.8 Å². The number of aromatic nitrogens is 1. The zero-order chi connectivity index (χ0) is 22.0. The molecule has 0 bridgehead atoms. The molecule has 2 aliphatic rings. The van der Waals surface area contributed by atoms with E-state index in [4.69, 9.17) is 4.42 Å². The molecule has 0 aliphatic carbocycles. The SMILES string of the molecule is Cc1oc(-c2ccc(C(F)(F)F)cc2)nc1CN1CCCC[C@@H]1CCN1CCCC1=O. The van der Waals surface area contributed by atoms with E-state index in [-0.39, 0.29) is 5.91 Å². The van der Waals surface area contributed by atoms with E-state index in [0.717, 1.165) is 63.1 Å². The fourth-order valence-electron chi connectivity index (χ4n) is 4.53. The molecule has 2 fully saturated rings. The molecule has 31 heavy (non-hydrogen) atoms. The number of likely N-dealkylation sites (tertiary alicyclic amines) is 2. The average molecular weight is 435 g/mol. The van der Waals surface area contributed by atoms with Crippen LogP contribution < -0.4 is 0 Å². The fraction of sp³-hybridized carbons (Fsp3) is 0.565. The summed E-state index contributed by atoms with van der Waals surface area (Å²) in [6, 6.07) is 5.29. The minimum atomic E-state index is -4.36. The monoisotopic (exact) mass is 435 g/mol. The van der Waals surface area contributed by atoms with Crippen LogP contribution in [0.15, 0.2) is 28.7 Å². The molecule has 0 spiro atoms. The van der Waals surface area contributed by atoms with Crippen LogP contribution >= 0.6 is 0 Å². The Kier molecular flexibility index (Phi) is 6.36. The summed E-state index contributed by atoms with van der Waals surface area (Å²) >= 11 is 0. The van der Waals surface area contributed by atoms with E-state index in [2.05, 4.69) is 9.88 Å². The maximum atomic E-state index is 12.8. The molecule has 0 radical (unpaired) electrons. The maximum absolute atomic E-state index is 12.8. The Balaban J connectivity index is 1.43. The Morgan fingerprint density at radius 3 is 2.58 bits per heavy atom. The lowest BCUT2D eigenvalue weighted by Gasteiger charge is -2.36. The maximum Gasteiger partial charge on any atom is 0.416 e. The third kappa shape index (κ3) is 5.11. The van der Waals surface area contributed by atoms with Gasteiger partial charge in [-0.15, -0.1) is 0 Å². The normalized spacial score (nSPS) is 20.6. The number of hydrogen-bond acceptors (Lipinski definition) is 4. The number of carbonyl (C=O) groups is 1. The molecule has 168 valence electrons. The zero-order valence-corrected chi connectivity index (χ0v) is 17.7. The van der Waals surface area contributed by atoms with E-state index in [0.29, 0.717) is 36.2 Å². The van der Waals surface area contributed by atoms with Gasteiger partial charge in [0.05, 0.1) is 11.3 Å². The topological polar surface area (TPSA) is 49.6 Å². The molecule has 0 unspecified atom stereocenters. The Hall–Kier alpha value is -2.35. The second-order valence-electron chi connectivity index (χ2n) is 8.49. The van der Waals surface area contributed by atoms with E-state index in [1.54, 1.807) is 0 Å². The van der Waals surface area contributed by atoms with Crippen molar-refractivity contribution >= 4 is 5.91 Å². The lowest BCUT2D eigenvalue weighted by atomic mass is 9.98. The standard InChI is InChI=1S/C23H28F3N3O2/c1-16-20(27-22(31-16)17-7-9-18(10-8-17)23(24,25)26)15-29-12-3-2-5-19(29)11-14-28-13-4-6-21(28)30/h7-10,19H,2-6,11-15H2,1H3/t19-/m1/s1. The predicted molar refractivity (Wildman–Crippen MR) is 110 cm³/mol. The van der Waals surface area contributed by atoms with Gasteiger partial charge in [0, 0.05) is 37.7 Å². The number of alkyl halides is 3. The number of carbonyl (C=O) groups excluding carboxylic acids is 1. The molecule has 0 N–H and O–H groups in total. The van der Waals surface area contributed by atoms with Gasteiger partial charge in [0.2, 0.25) is 11.8 Å². The van der Waals surface area contributed by atoms with Gasteiger partial charge in [-0.25, -0.2) is 4.98 Å². The summed E-state index contributed by atoms with van der Waals surface area (Å²) < 4.78 is 44.2. The smallest absolute Gasteiger partial charge is 0.416 e. The molecular formula is C23H28F3N3O2. The van der Waals surface area contributed by atoms with Crippen LogP contribution in [0.4, 0.5) is 13.2 Å². The highest BCUT2D eigenvalue weighted by molar-refractivity contribution is 5.78.